The van der Waals surface area contributed by atoms with E-state index in [1.807, 2.05) is 6.07 Å². The molecule has 0 aromatic carbocycles. The van der Waals surface area contributed by atoms with Crippen LogP contribution in [0.1, 0.15) is 26.7 Å². The van der Waals surface area contributed by atoms with Crippen LogP contribution in [0.4, 0.5) is 0 Å². The Morgan fingerprint density at radius 3 is 2.38 bits per heavy atom. The summed E-state index contributed by atoms with van der Waals surface area (Å²) in [6.45, 7) is 7.14. The van der Waals surface area contributed by atoms with Crippen LogP contribution >= 0.6 is 0 Å². The Labute approximate surface area is 80.0 Å². The number of hydrogen-bond donors (Lipinski definition) is 1. The molecule has 13 heavy (non-hydrogen) atoms. The number of nitriles is 1. The maximum absolute atomic E-state index is 9.64. The molecule has 1 saturated heterocycles. The minimum Gasteiger partial charge on any atom is -0.375 e. The molecule has 0 spiro atoms. The van der Waals surface area contributed by atoms with Crippen molar-refractivity contribution >= 4 is 0 Å². The predicted octanol–water partition coefficient (Wildman–Crippen LogP) is 0.993. The largest absolute Gasteiger partial charge is 0.375 e. The van der Waals surface area contributed by atoms with Crippen LogP contribution in [0.25, 0.3) is 0 Å². The standard InChI is InChI=1S/C10H18N2O/c1-9(2)7-12-5-3-10(13,8-11)4-6-12/h9,13H,3-7H2,1-2H3. The molecule has 1 aliphatic rings. The molecular formula is C10H18N2O. The number of rotatable bonds is 2. The van der Waals surface area contributed by atoms with Gasteiger partial charge in [0.15, 0.2) is 5.60 Å². The van der Waals surface area contributed by atoms with Crippen molar-refractivity contribution in [3.05, 3.63) is 0 Å². The van der Waals surface area contributed by atoms with Crippen LogP contribution < -0.4 is 0 Å². The van der Waals surface area contributed by atoms with Crippen LogP contribution in [-0.2, 0) is 0 Å². The molecule has 0 amide bonds. The normalized spacial score (nSPS) is 23.0. The van der Waals surface area contributed by atoms with Crippen LogP contribution in [0, 0.1) is 17.2 Å². The van der Waals surface area contributed by atoms with Crippen LogP contribution in [0.15, 0.2) is 0 Å². The van der Waals surface area contributed by atoms with Gasteiger partial charge in [0.05, 0.1) is 6.07 Å². The van der Waals surface area contributed by atoms with Gasteiger partial charge in [-0.15, -0.1) is 0 Å². The molecular weight excluding hydrogens is 164 g/mol. The highest BCUT2D eigenvalue weighted by atomic mass is 16.3. The maximum Gasteiger partial charge on any atom is 0.153 e. The molecule has 1 rings (SSSR count). The molecule has 1 N–H and O–H groups in total. The van der Waals surface area contributed by atoms with E-state index in [2.05, 4.69) is 18.7 Å². The molecule has 1 heterocycles. The first-order chi connectivity index (χ1) is 6.06. The molecule has 74 valence electrons. The molecule has 0 aromatic rings. The summed E-state index contributed by atoms with van der Waals surface area (Å²) in [6.07, 6.45) is 1.19. The van der Waals surface area contributed by atoms with Gasteiger partial charge in [0.25, 0.3) is 0 Å². The quantitative estimate of drug-likeness (QED) is 0.648. The van der Waals surface area contributed by atoms with Crippen molar-refractivity contribution in [3.63, 3.8) is 0 Å². The second-order valence-corrected chi connectivity index (χ2v) is 4.34. The second kappa shape index (κ2) is 4.08. The average Bonchev–Trinajstić information content (AvgIpc) is 2.09. The van der Waals surface area contributed by atoms with Crippen molar-refractivity contribution in [1.29, 1.82) is 5.26 Å². The molecule has 0 atom stereocenters. The Morgan fingerprint density at radius 2 is 2.00 bits per heavy atom. The number of aliphatic hydroxyl groups is 1. The fourth-order valence-corrected chi connectivity index (χ4v) is 1.73. The van der Waals surface area contributed by atoms with Crippen LogP contribution in [-0.4, -0.2) is 35.2 Å². The number of hydrogen-bond acceptors (Lipinski definition) is 3. The van der Waals surface area contributed by atoms with Crippen molar-refractivity contribution in [2.75, 3.05) is 19.6 Å². The topological polar surface area (TPSA) is 47.3 Å². The predicted molar refractivity (Wildman–Crippen MR) is 51.1 cm³/mol. The third kappa shape index (κ3) is 2.98. The van der Waals surface area contributed by atoms with Gasteiger partial charge in [-0.25, -0.2) is 0 Å². The Hall–Kier alpha value is -0.590. The minimum atomic E-state index is -1.05. The van der Waals surface area contributed by atoms with Gasteiger partial charge in [0, 0.05) is 32.5 Å². The maximum atomic E-state index is 9.64. The molecule has 0 bridgehead atoms. The second-order valence-electron chi connectivity index (χ2n) is 4.34. The molecule has 0 aliphatic carbocycles. The van der Waals surface area contributed by atoms with E-state index in [9.17, 15) is 5.11 Å². The van der Waals surface area contributed by atoms with Crippen LogP contribution in [0.5, 0.6) is 0 Å². The Morgan fingerprint density at radius 1 is 1.46 bits per heavy atom. The summed E-state index contributed by atoms with van der Waals surface area (Å²) in [6, 6.07) is 1.98. The van der Waals surface area contributed by atoms with Crippen molar-refractivity contribution in [2.45, 2.75) is 32.3 Å². The number of nitrogens with zero attached hydrogens (tertiary/aromatic N) is 2. The van der Waals surface area contributed by atoms with Crippen molar-refractivity contribution < 1.29 is 5.11 Å². The van der Waals surface area contributed by atoms with Gasteiger partial charge in [0.2, 0.25) is 0 Å². The van der Waals surface area contributed by atoms with Crippen molar-refractivity contribution in [3.8, 4) is 6.07 Å². The summed E-state index contributed by atoms with van der Waals surface area (Å²) < 4.78 is 0. The molecule has 1 fully saturated rings. The fourth-order valence-electron chi connectivity index (χ4n) is 1.73. The summed E-state index contributed by atoms with van der Waals surface area (Å²) in [5, 5.41) is 18.3. The van der Waals surface area contributed by atoms with E-state index >= 15 is 0 Å². The zero-order valence-electron chi connectivity index (χ0n) is 8.45. The Balaban J connectivity index is 2.36. The lowest BCUT2D eigenvalue weighted by Gasteiger charge is -2.34. The lowest BCUT2D eigenvalue weighted by Crippen LogP contribution is -2.44. The van der Waals surface area contributed by atoms with Gasteiger partial charge >= 0.3 is 0 Å². The molecule has 1 aliphatic heterocycles. The highest BCUT2D eigenvalue weighted by molar-refractivity contribution is 5.03. The Bertz CT molecular complexity index is 199. The summed E-state index contributed by atoms with van der Waals surface area (Å²) in [5.41, 5.74) is -1.05. The first-order valence-electron chi connectivity index (χ1n) is 4.92. The van der Waals surface area contributed by atoms with E-state index in [0.29, 0.717) is 18.8 Å². The number of piperidine rings is 1. The molecule has 0 radical (unpaired) electrons. The first kappa shape index (κ1) is 10.5. The average molecular weight is 182 g/mol. The van der Waals surface area contributed by atoms with Crippen LogP contribution in [0.3, 0.4) is 0 Å². The SMILES string of the molecule is CC(C)CN1CCC(O)(C#N)CC1. The van der Waals surface area contributed by atoms with Gasteiger partial charge in [-0.05, 0) is 5.92 Å². The zero-order valence-corrected chi connectivity index (χ0v) is 8.45. The monoisotopic (exact) mass is 182 g/mol. The van der Waals surface area contributed by atoms with Crippen molar-refractivity contribution in [2.24, 2.45) is 5.92 Å². The number of likely N-dealkylation sites (tertiary alicyclic amines) is 1. The molecule has 0 saturated carbocycles. The summed E-state index contributed by atoms with van der Waals surface area (Å²) in [4.78, 5) is 2.32. The molecule has 3 nitrogen and oxygen atoms in total. The van der Waals surface area contributed by atoms with E-state index < -0.39 is 5.60 Å². The third-order valence-corrected chi connectivity index (χ3v) is 2.51. The van der Waals surface area contributed by atoms with Gasteiger partial charge in [-0.1, -0.05) is 13.8 Å². The lowest BCUT2D eigenvalue weighted by atomic mass is 9.93. The van der Waals surface area contributed by atoms with E-state index in [-0.39, 0.29) is 0 Å². The van der Waals surface area contributed by atoms with Gasteiger partial charge in [0.1, 0.15) is 0 Å². The highest BCUT2D eigenvalue weighted by Gasteiger charge is 2.31. The lowest BCUT2D eigenvalue weighted by molar-refractivity contribution is 0.0222. The van der Waals surface area contributed by atoms with Crippen molar-refractivity contribution in [1.82, 2.24) is 4.90 Å². The van der Waals surface area contributed by atoms with Gasteiger partial charge in [-0.2, -0.15) is 5.26 Å². The summed E-state index contributed by atoms with van der Waals surface area (Å²) in [7, 11) is 0. The van der Waals surface area contributed by atoms with E-state index in [1.54, 1.807) is 0 Å². The van der Waals surface area contributed by atoms with E-state index in [0.717, 1.165) is 19.6 Å². The highest BCUT2D eigenvalue weighted by Crippen LogP contribution is 2.21. The van der Waals surface area contributed by atoms with E-state index in [4.69, 9.17) is 5.26 Å². The smallest absolute Gasteiger partial charge is 0.153 e. The zero-order chi connectivity index (χ0) is 9.90. The summed E-state index contributed by atoms with van der Waals surface area (Å²) in [5.74, 6) is 0.660. The summed E-state index contributed by atoms with van der Waals surface area (Å²) >= 11 is 0. The molecule has 0 aromatic heterocycles. The van der Waals surface area contributed by atoms with E-state index in [1.165, 1.54) is 0 Å². The fraction of sp³-hybridized carbons (Fsp3) is 0.900. The van der Waals surface area contributed by atoms with Gasteiger partial charge in [-0.3, -0.25) is 0 Å². The molecule has 3 heteroatoms. The Kier molecular flexibility index (Phi) is 3.29. The third-order valence-electron chi connectivity index (χ3n) is 2.51. The minimum absolute atomic E-state index is 0.593. The molecule has 0 unspecified atom stereocenters. The van der Waals surface area contributed by atoms with Crippen LogP contribution in [0.2, 0.25) is 0 Å². The first-order valence-corrected chi connectivity index (χ1v) is 4.92. The van der Waals surface area contributed by atoms with Gasteiger partial charge < -0.3 is 10.0 Å².